The van der Waals surface area contributed by atoms with Gasteiger partial charge in [0.2, 0.25) is 0 Å². The van der Waals surface area contributed by atoms with Crippen molar-refractivity contribution in [2.24, 2.45) is 0 Å². The van der Waals surface area contributed by atoms with Crippen LogP contribution in [-0.4, -0.2) is 44.3 Å². The van der Waals surface area contributed by atoms with Crippen molar-refractivity contribution in [3.8, 4) is 0 Å². The van der Waals surface area contributed by atoms with Crippen LogP contribution in [-0.2, 0) is 14.6 Å². The normalized spacial score (nSPS) is 23.0. The lowest BCUT2D eigenvalue weighted by Crippen LogP contribution is -2.44. The summed E-state index contributed by atoms with van der Waals surface area (Å²) in [6.45, 7) is 0. The summed E-state index contributed by atoms with van der Waals surface area (Å²) in [5.74, 6) is 0.0271. The summed E-state index contributed by atoms with van der Waals surface area (Å²) in [6, 6.07) is 0. The molecule has 0 heterocycles. The van der Waals surface area contributed by atoms with Crippen LogP contribution in [0.15, 0.2) is 0 Å². The van der Waals surface area contributed by atoms with E-state index in [1.165, 1.54) is 19.1 Å². The van der Waals surface area contributed by atoms with E-state index in [0.29, 0.717) is 0 Å². The molecule has 0 aromatic rings. The molecule has 0 spiro atoms. The number of aliphatic hydroxyl groups is 1. The second kappa shape index (κ2) is 6.16. The van der Waals surface area contributed by atoms with E-state index in [1.807, 2.05) is 0 Å². The van der Waals surface area contributed by atoms with E-state index in [4.69, 9.17) is 4.74 Å². The minimum absolute atomic E-state index is 0.0271. The van der Waals surface area contributed by atoms with Crippen molar-refractivity contribution in [1.29, 1.82) is 0 Å². The predicted octanol–water partition coefficient (Wildman–Crippen LogP) is 1.52. The third kappa shape index (κ3) is 4.56. The lowest BCUT2D eigenvalue weighted by molar-refractivity contribution is -0.112. The molecule has 0 aliphatic heterocycles. The van der Waals surface area contributed by atoms with Gasteiger partial charge < -0.3 is 9.84 Å². The molecule has 0 amide bonds. The molecule has 17 heavy (non-hydrogen) atoms. The highest BCUT2D eigenvalue weighted by molar-refractivity contribution is 7.90. The first-order valence-electron chi connectivity index (χ1n) is 6.30. The molecule has 0 aromatic heterocycles. The third-order valence-electron chi connectivity index (χ3n) is 3.73. The number of hydrogen-bond donors (Lipinski definition) is 1. The van der Waals surface area contributed by atoms with Crippen LogP contribution in [0.1, 0.15) is 44.9 Å². The van der Waals surface area contributed by atoms with Gasteiger partial charge in [-0.2, -0.15) is 0 Å². The van der Waals surface area contributed by atoms with E-state index >= 15 is 0 Å². The number of aliphatic hydroxyl groups excluding tert-OH is 1. The highest BCUT2D eigenvalue weighted by Crippen LogP contribution is 2.34. The Hall–Kier alpha value is -0.130. The molecule has 1 aliphatic rings. The smallest absolute Gasteiger partial charge is 0.147 e. The fourth-order valence-electron chi connectivity index (χ4n) is 2.59. The number of rotatable bonds is 5. The predicted molar refractivity (Wildman–Crippen MR) is 67.8 cm³/mol. The van der Waals surface area contributed by atoms with Crippen LogP contribution < -0.4 is 0 Å². The Labute approximate surface area is 104 Å². The second-order valence-electron chi connectivity index (χ2n) is 5.12. The van der Waals surface area contributed by atoms with Crippen LogP contribution in [0.2, 0.25) is 0 Å². The standard InChI is InChI=1S/C12H24O4S/c1-16-12(8-5-3-4-6-9-12)11(13)7-10-17(2,14)15/h11,13H,3-10H2,1-2H3. The number of ether oxygens (including phenoxy) is 1. The van der Waals surface area contributed by atoms with E-state index in [1.54, 1.807) is 7.11 Å². The fraction of sp³-hybridized carbons (Fsp3) is 1.00. The van der Waals surface area contributed by atoms with E-state index in [2.05, 4.69) is 0 Å². The van der Waals surface area contributed by atoms with Crippen LogP contribution in [0.4, 0.5) is 0 Å². The summed E-state index contributed by atoms with van der Waals surface area (Å²) in [4.78, 5) is 0. The number of hydrogen-bond acceptors (Lipinski definition) is 4. The maximum absolute atomic E-state index is 11.1. The summed E-state index contributed by atoms with van der Waals surface area (Å²) in [7, 11) is -1.40. The summed E-state index contributed by atoms with van der Waals surface area (Å²) >= 11 is 0. The zero-order valence-electron chi connectivity index (χ0n) is 10.8. The van der Waals surface area contributed by atoms with Crippen molar-refractivity contribution in [2.75, 3.05) is 19.1 Å². The van der Waals surface area contributed by atoms with Gasteiger partial charge in [-0.15, -0.1) is 0 Å². The summed E-state index contributed by atoms with van der Waals surface area (Å²) in [5, 5.41) is 10.2. The molecule has 0 saturated heterocycles. The molecule has 1 saturated carbocycles. The molecular formula is C12H24O4S. The molecule has 1 atom stereocenters. The van der Waals surface area contributed by atoms with Gasteiger partial charge in [0, 0.05) is 13.4 Å². The number of methoxy groups -OCH3 is 1. The SMILES string of the molecule is COC1(C(O)CCS(C)(=O)=O)CCCCCC1. The zero-order valence-corrected chi connectivity index (χ0v) is 11.6. The van der Waals surface area contributed by atoms with Gasteiger partial charge in [-0.3, -0.25) is 0 Å². The lowest BCUT2D eigenvalue weighted by Gasteiger charge is -2.36. The first-order valence-corrected chi connectivity index (χ1v) is 8.37. The van der Waals surface area contributed by atoms with Crippen LogP contribution in [0.25, 0.3) is 0 Å². The van der Waals surface area contributed by atoms with Crippen LogP contribution in [0.5, 0.6) is 0 Å². The van der Waals surface area contributed by atoms with Gasteiger partial charge in [-0.05, 0) is 19.3 Å². The molecule has 0 radical (unpaired) electrons. The summed E-state index contributed by atoms with van der Waals surface area (Å²) in [6.07, 6.45) is 6.88. The Morgan fingerprint density at radius 3 is 2.18 bits per heavy atom. The first kappa shape index (κ1) is 14.9. The molecule has 0 aromatic carbocycles. The van der Waals surface area contributed by atoms with E-state index in [0.717, 1.165) is 25.7 Å². The Bertz CT molecular complexity index is 315. The Morgan fingerprint density at radius 1 is 1.24 bits per heavy atom. The van der Waals surface area contributed by atoms with Crippen LogP contribution in [0.3, 0.4) is 0 Å². The van der Waals surface area contributed by atoms with Gasteiger partial charge in [0.15, 0.2) is 0 Å². The van der Waals surface area contributed by atoms with E-state index < -0.39 is 21.5 Å². The fourth-order valence-corrected chi connectivity index (χ4v) is 3.24. The van der Waals surface area contributed by atoms with Crippen molar-refractivity contribution in [3.05, 3.63) is 0 Å². The second-order valence-corrected chi connectivity index (χ2v) is 7.38. The zero-order chi connectivity index (χ0) is 12.9. The van der Waals surface area contributed by atoms with Crippen LogP contribution >= 0.6 is 0 Å². The molecule has 102 valence electrons. The Balaban J connectivity index is 2.64. The van der Waals surface area contributed by atoms with Gasteiger partial charge >= 0.3 is 0 Å². The van der Waals surface area contributed by atoms with Crippen molar-refractivity contribution in [3.63, 3.8) is 0 Å². The molecule has 5 heteroatoms. The maximum Gasteiger partial charge on any atom is 0.147 e. The minimum atomic E-state index is -3.02. The van der Waals surface area contributed by atoms with Crippen molar-refractivity contribution < 1.29 is 18.3 Å². The summed E-state index contributed by atoms with van der Waals surface area (Å²) < 4.78 is 27.8. The molecule has 1 rings (SSSR count). The molecule has 0 bridgehead atoms. The van der Waals surface area contributed by atoms with Crippen molar-refractivity contribution in [2.45, 2.75) is 56.7 Å². The largest absolute Gasteiger partial charge is 0.390 e. The third-order valence-corrected chi connectivity index (χ3v) is 4.70. The Kier molecular flexibility index (Phi) is 5.41. The van der Waals surface area contributed by atoms with Gasteiger partial charge in [0.25, 0.3) is 0 Å². The monoisotopic (exact) mass is 264 g/mol. The van der Waals surface area contributed by atoms with Gasteiger partial charge in [-0.1, -0.05) is 25.7 Å². The molecule has 1 unspecified atom stereocenters. The molecule has 1 fully saturated rings. The van der Waals surface area contributed by atoms with Crippen molar-refractivity contribution >= 4 is 9.84 Å². The lowest BCUT2D eigenvalue weighted by atomic mass is 9.86. The van der Waals surface area contributed by atoms with E-state index in [9.17, 15) is 13.5 Å². The maximum atomic E-state index is 11.1. The molecule has 1 aliphatic carbocycles. The highest BCUT2D eigenvalue weighted by atomic mass is 32.2. The highest BCUT2D eigenvalue weighted by Gasteiger charge is 2.38. The van der Waals surface area contributed by atoms with E-state index in [-0.39, 0.29) is 12.2 Å². The number of sulfone groups is 1. The molecular weight excluding hydrogens is 240 g/mol. The molecule has 1 N–H and O–H groups in total. The summed E-state index contributed by atoms with van der Waals surface area (Å²) in [5.41, 5.74) is -0.527. The quantitative estimate of drug-likeness (QED) is 0.765. The first-order chi connectivity index (χ1) is 7.90. The average molecular weight is 264 g/mol. The van der Waals surface area contributed by atoms with Crippen LogP contribution in [0, 0.1) is 0 Å². The van der Waals surface area contributed by atoms with Gasteiger partial charge in [0.05, 0.1) is 17.5 Å². The van der Waals surface area contributed by atoms with Gasteiger partial charge in [0.1, 0.15) is 9.84 Å². The topological polar surface area (TPSA) is 63.6 Å². The Morgan fingerprint density at radius 2 is 1.76 bits per heavy atom. The van der Waals surface area contributed by atoms with Gasteiger partial charge in [-0.25, -0.2) is 8.42 Å². The molecule has 4 nitrogen and oxygen atoms in total. The average Bonchev–Trinajstić information content (AvgIpc) is 2.51. The van der Waals surface area contributed by atoms with Crippen molar-refractivity contribution in [1.82, 2.24) is 0 Å². The minimum Gasteiger partial charge on any atom is -0.390 e.